The van der Waals surface area contributed by atoms with Gasteiger partial charge in [-0.3, -0.25) is 10.1 Å². The van der Waals surface area contributed by atoms with Crippen LogP contribution in [0.15, 0.2) is 48.0 Å². The van der Waals surface area contributed by atoms with Crippen molar-refractivity contribution in [2.75, 3.05) is 13.7 Å². The first-order valence-electron chi connectivity index (χ1n) is 7.67. The number of aromatic nitrogens is 2. The molecule has 0 saturated carbocycles. The molecule has 0 saturated heterocycles. The number of aliphatic imine (C=N–C) groups is 1. The molecule has 2 aromatic rings. The third-order valence-electron chi connectivity index (χ3n) is 3.62. The highest BCUT2D eigenvalue weighted by Crippen LogP contribution is 2.27. The maximum Gasteiger partial charge on any atom is 0.122 e. The van der Waals surface area contributed by atoms with Crippen molar-refractivity contribution in [2.24, 2.45) is 4.99 Å². The highest BCUT2D eigenvalue weighted by molar-refractivity contribution is 5.74. The van der Waals surface area contributed by atoms with E-state index in [9.17, 15) is 0 Å². The summed E-state index contributed by atoms with van der Waals surface area (Å²) in [5.74, 6) is 0.865. The second-order valence-electron chi connectivity index (χ2n) is 5.17. The van der Waals surface area contributed by atoms with Crippen LogP contribution in [0.4, 0.5) is 0 Å². The second-order valence-corrected chi connectivity index (χ2v) is 5.17. The van der Waals surface area contributed by atoms with E-state index in [4.69, 9.17) is 4.74 Å². The molecular formula is C19H23N3O. The third-order valence-corrected chi connectivity index (χ3v) is 3.62. The summed E-state index contributed by atoms with van der Waals surface area (Å²) in [6, 6.07) is 8.11. The predicted molar refractivity (Wildman–Crippen MR) is 97.1 cm³/mol. The summed E-state index contributed by atoms with van der Waals surface area (Å²) in [4.78, 5) is 4.21. The van der Waals surface area contributed by atoms with Crippen molar-refractivity contribution in [3.8, 4) is 17.0 Å². The van der Waals surface area contributed by atoms with Gasteiger partial charge < -0.3 is 4.74 Å². The zero-order valence-electron chi connectivity index (χ0n) is 14.0. The van der Waals surface area contributed by atoms with Crippen LogP contribution in [0.3, 0.4) is 0 Å². The van der Waals surface area contributed by atoms with E-state index in [1.165, 1.54) is 0 Å². The largest absolute Gasteiger partial charge is 0.496 e. The van der Waals surface area contributed by atoms with Crippen molar-refractivity contribution in [3.63, 3.8) is 0 Å². The number of hydrogen-bond donors (Lipinski definition) is 1. The first-order chi connectivity index (χ1) is 11.2. The van der Waals surface area contributed by atoms with Gasteiger partial charge in [0, 0.05) is 12.1 Å². The molecule has 1 N–H and O–H groups in total. The van der Waals surface area contributed by atoms with Gasteiger partial charge in [0.25, 0.3) is 0 Å². The Morgan fingerprint density at radius 2 is 2.22 bits per heavy atom. The Balaban J connectivity index is 2.23. The highest BCUT2D eigenvalue weighted by atomic mass is 16.5. The van der Waals surface area contributed by atoms with Gasteiger partial charge in [-0.05, 0) is 49.8 Å². The van der Waals surface area contributed by atoms with Crippen molar-refractivity contribution >= 4 is 11.8 Å². The first kappa shape index (κ1) is 16.7. The van der Waals surface area contributed by atoms with Crippen molar-refractivity contribution in [1.82, 2.24) is 10.2 Å². The maximum absolute atomic E-state index is 5.38. The van der Waals surface area contributed by atoms with Gasteiger partial charge in [-0.15, -0.1) is 0 Å². The predicted octanol–water partition coefficient (Wildman–Crippen LogP) is 4.44. The summed E-state index contributed by atoms with van der Waals surface area (Å²) < 4.78 is 5.38. The number of nitrogens with zero attached hydrogens (tertiary/aromatic N) is 2. The number of benzene rings is 1. The molecule has 1 aromatic heterocycles. The van der Waals surface area contributed by atoms with Crippen LogP contribution in [0.5, 0.6) is 5.75 Å². The van der Waals surface area contributed by atoms with E-state index < -0.39 is 0 Å². The quantitative estimate of drug-likeness (QED) is 0.467. The van der Waals surface area contributed by atoms with E-state index in [0.717, 1.165) is 46.8 Å². The van der Waals surface area contributed by atoms with Gasteiger partial charge in [-0.2, -0.15) is 5.10 Å². The van der Waals surface area contributed by atoms with Crippen LogP contribution in [0.1, 0.15) is 24.6 Å². The zero-order valence-corrected chi connectivity index (χ0v) is 14.0. The molecular weight excluding hydrogens is 286 g/mol. The molecule has 0 spiro atoms. The maximum atomic E-state index is 5.38. The number of ether oxygens (including phenoxy) is 1. The number of rotatable bonds is 7. The molecule has 0 amide bonds. The Morgan fingerprint density at radius 3 is 2.91 bits per heavy atom. The Morgan fingerprint density at radius 1 is 1.39 bits per heavy atom. The summed E-state index contributed by atoms with van der Waals surface area (Å²) >= 11 is 0. The SMILES string of the molecule is C=C/C(=C\CCN=CC)c1cc(-c2ccc(C)c(OC)c2)n[nH]1. The molecule has 0 radical (unpaired) electrons. The summed E-state index contributed by atoms with van der Waals surface area (Å²) in [5, 5.41) is 7.49. The molecule has 0 unspecified atom stereocenters. The molecule has 0 aliphatic carbocycles. The van der Waals surface area contributed by atoms with Crippen LogP contribution in [0.25, 0.3) is 16.8 Å². The van der Waals surface area contributed by atoms with E-state index in [1.807, 2.05) is 50.4 Å². The molecule has 1 aromatic carbocycles. The molecule has 1 heterocycles. The minimum absolute atomic E-state index is 0.782. The van der Waals surface area contributed by atoms with E-state index in [0.29, 0.717) is 0 Å². The van der Waals surface area contributed by atoms with Gasteiger partial charge in [0.05, 0.1) is 18.5 Å². The van der Waals surface area contributed by atoms with E-state index in [-0.39, 0.29) is 0 Å². The molecule has 0 aliphatic rings. The lowest BCUT2D eigenvalue weighted by Gasteiger charge is -2.05. The lowest BCUT2D eigenvalue weighted by Crippen LogP contribution is -1.88. The number of aryl methyl sites for hydroxylation is 1. The van der Waals surface area contributed by atoms with E-state index in [1.54, 1.807) is 7.11 Å². The fourth-order valence-corrected chi connectivity index (χ4v) is 2.32. The van der Waals surface area contributed by atoms with Crippen LogP contribution in [-0.4, -0.2) is 30.1 Å². The number of H-pyrrole nitrogens is 1. The zero-order chi connectivity index (χ0) is 16.7. The average Bonchev–Trinajstić information content (AvgIpc) is 3.05. The van der Waals surface area contributed by atoms with Crippen LogP contribution in [-0.2, 0) is 0 Å². The Bertz CT molecular complexity index is 726. The summed E-state index contributed by atoms with van der Waals surface area (Å²) in [6.07, 6.45) is 6.65. The number of allylic oxidation sites excluding steroid dienone is 2. The Hall–Kier alpha value is -2.62. The third kappa shape index (κ3) is 4.19. The minimum Gasteiger partial charge on any atom is -0.496 e. The first-order valence-corrected chi connectivity index (χ1v) is 7.67. The fraction of sp³-hybridized carbons (Fsp3) is 0.263. The Kier molecular flexibility index (Phi) is 5.92. The number of methoxy groups -OCH3 is 1. The van der Waals surface area contributed by atoms with Gasteiger partial charge in [0.2, 0.25) is 0 Å². The summed E-state index contributed by atoms with van der Waals surface area (Å²) in [6.45, 7) is 8.61. The molecule has 2 rings (SSSR count). The lowest BCUT2D eigenvalue weighted by atomic mass is 10.1. The standard InChI is InChI=1S/C19H23N3O/c1-5-15(8-7-11-20-6-2)17-13-18(22-21-17)16-10-9-14(3)19(12-16)23-4/h5-6,8-10,12-13H,1,7,11H2,2-4H3,(H,21,22)/b15-8+,20-6?. The molecule has 0 bridgehead atoms. The summed E-state index contributed by atoms with van der Waals surface area (Å²) in [5.41, 5.74) is 5.01. The molecule has 0 aliphatic heterocycles. The van der Waals surface area contributed by atoms with Crippen molar-refractivity contribution in [3.05, 3.63) is 54.3 Å². The van der Waals surface area contributed by atoms with E-state index in [2.05, 4.69) is 27.8 Å². The molecule has 0 fully saturated rings. The molecule has 0 atom stereocenters. The topological polar surface area (TPSA) is 50.3 Å². The molecule has 23 heavy (non-hydrogen) atoms. The fourth-order valence-electron chi connectivity index (χ4n) is 2.32. The molecule has 120 valence electrons. The van der Waals surface area contributed by atoms with Crippen molar-refractivity contribution in [1.29, 1.82) is 0 Å². The van der Waals surface area contributed by atoms with E-state index >= 15 is 0 Å². The monoisotopic (exact) mass is 309 g/mol. The van der Waals surface area contributed by atoms with Crippen LogP contribution in [0.2, 0.25) is 0 Å². The van der Waals surface area contributed by atoms with Gasteiger partial charge in [0.1, 0.15) is 5.75 Å². The Labute approximate surface area is 137 Å². The van der Waals surface area contributed by atoms with Crippen LogP contribution in [0, 0.1) is 6.92 Å². The second kappa shape index (κ2) is 8.13. The van der Waals surface area contributed by atoms with Gasteiger partial charge in [-0.1, -0.05) is 30.9 Å². The van der Waals surface area contributed by atoms with Gasteiger partial charge in [0.15, 0.2) is 0 Å². The normalized spacial score (nSPS) is 11.9. The summed E-state index contributed by atoms with van der Waals surface area (Å²) in [7, 11) is 1.68. The number of nitrogens with one attached hydrogen (secondary N) is 1. The average molecular weight is 309 g/mol. The van der Waals surface area contributed by atoms with Gasteiger partial charge >= 0.3 is 0 Å². The molecule has 4 heteroatoms. The van der Waals surface area contributed by atoms with Crippen molar-refractivity contribution in [2.45, 2.75) is 20.3 Å². The van der Waals surface area contributed by atoms with Gasteiger partial charge in [-0.25, -0.2) is 0 Å². The highest BCUT2D eigenvalue weighted by Gasteiger charge is 2.08. The van der Waals surface area contributed by atoms with Crippen molar-refractivity contribution < 1.29 is 4.74 Å². The number of aromatic amines is 1. The van der Waals surface area contributed by atoms with Crippen LogP contribution >= 0.6 is 0 Å². The smallest absolute Gasteiger partial charge is 0.122 e. The van der Waals surface area contributed by atoms with Crippen LogP contribution < -0.4 is 4.74 Å². The number of hydrogen-bond acceptors (Lipinski definition) is 3. The lowest BCUT2D eigenvalue weighted by molar-refractivity contribution is 0.412. The molecule has 4 nitrogen and oxygen atoms in total. The minimum atomic E-state index is 0.782.